The van der Waals surface area contributed by atoms with Crippen LogP contribution in [0.2, 0.25) is 0 Å². The van der Waals surface area contributed by atoms with E-state index < -0.39 is 0 Å². The molecule has 38 heavy (non-hydrogen) atoms. The molecule has 0 radical (unpaired) electrons. The van der Waals surface area contributed by atoms with Gasteiger partial charge in [0.05, 0.1) is 26.9 Å². The van der Waals surface area contributed by atoms with Gasteiger partial charge >= 0.3 is 0 Å². The molecular weight excluding hydrogens is 500 g/mol. The third-order valence-corrected chi connectivity index (χ3v) is 7.24. The monoisotopic (exact) mass is 530 g/mol. The van der Waals surface area contributed by atoms with Gasteiger partial charge in [-0.3, -0.25) is 19.9 Å². The number of hydrogen-bond donors (Lipinski definition) is 2. The fourth-order valence-corrected chi connectivity index (χ4v) is 5.24. The average Bonchev–Trinajstić information content (AvgIpc) is 3.51. The Kier molecular flexibility index (Phi) is 7.62. The lowest BCUT2D eigenvalue weighted by molar-refractivity contribution is 0.102. The molecule has 0 saturated carbocycles. The van der Waals surface area contributed by atoms with Crippen molar-refractivity contribution in [2.75, 3.05) is 18.5 Å². The van der Waals surface area contributed by atoms with Crippen LogP contribution in [0.15, 0.2) is 53.6 Å². The third-order valence-electron chi connectivity index (χ3n) is 6.11. The number of nitrogens with one attached hydrogen (secondary N) is 2. The van der Waals surface area contributed by atoms with Crippen LogP contribution >= 0.6 is 11.3 Å². The minimum Gasteiger partial charge on any atom is -0.382 e. The molecule has 0 atom stereocenters. The molecule has 5 aromatic rings. The van der Waals surface area contributed by atoms with Crippen molar-refractivity contribution in [3.63, 3.8) is 0 Å². The summed E-state index contributed by atoms with van der Waals surface area (Å²) in [6, 6.07) is 11.3. The third kappa shape index (κ3) is 5.51. The number of pyridine rings is 1. The van der Waals surface area contributed by atoms with E-state index in [0.717, 1.165) is 22.4 Å². The number of rotatable bonds is 10. The van der Waals surface area contributed by atoms with E-state index in [0.29, 0.717) is 65.2 Å². The van der Waals surface area contributed by atoms with Crippen LogP contribution in [0.4, 0.5) is 5.95 Å². The quantitative estimate of drug-likeness (QED) is 0.238. The number of carbonyl (C=O) groups excluding carboxylic acids is 1. The Morgan fingerprint density at radius 2 is 2.05 bits per heavy atom. The largest absolute Gasteiger partial charge is 0.382 e. The highest BCUT2D eigenvalue weighted by atomic mass is 32.1. The Balaban J connectivity index is 1.50. The predicted octanol–water partition coefficient (Wildman–Crippen LogP) is 5.27. The standard InChI is InChI=1S/C28H30N6O3S/c1-4-37-12-6-11-34-23-15-20-19(31-26(35)22(30-20)13-17(2)3)14-21(23)32-28(34)33-27(36)25-9-8-24(38-25)18-7-5-10-29-16-18/h5,7-10,14-17H,4,6,11-13H2,1-3H3,(H,31,35)(H,32,33,36). The molecular formula is C28H30N6O3S. The molecule has 4 aromatic heterocycles. The number of thiophene rings is 1. The lowest BCUT2D eigenvalue weighted by Crippen LogP contribution is -2.17. The van der Waals surface area contributed by atoms with Crippen LogP contribution in [-0.2, 0) is 17.7 Å². The summed E-state index contributed by atoms with van der Waals surface area (Å²) in [4.78, 5) is 43.9. The first-order chi connectivity index (χ1) is 18.4. The van der Waals surface area contributed by atoms with Gasteiger partial charge in [-0.05, 0) is 56.0 Å². The Hall–Kier alpha value is -3.89. The second kappa shape index (κ2) is 11.2. The molecule has 1 amide bonds. The summed E-state index contributed by atoms with van der Waals surface area (Å²) in [6.45, 7) is 7.93. The van der Waals surface area contributed by atoms with Crippen molar-refractivity contribution >= 4 is 45.3 Å². The second-order valence-electron chi connectivity index (χ2n) is 9.47. The summed E-state index contributed by atoms with van der Waals surface area (Å²) in [5.74, 6) is 0.520. The van der Waals surface area contributed by atoms with Crippen LogP contribution in [0, 0.1) is 5.92 Å². The number of nitrogens with zero attached hydrogens (tertiary/aromatic N) is 4. The van der Waals surface area contributed by atoms with Crippen LogP contribution in [0.5, 0.6) is 0 Å². The fraction of sp³-hybridized carbons (Fsp3) is 0.321. The first-order valence-corrected chi connectivity index (χ1v) is 13.6. The molecule has 1 aromatic carbocycles. The van der Waals surface area contributed by atoms with Crippen molar-refractivity contribution in [2.45, 2.75) is 40.2 Å². The molecule has 0 spiro atoms. The smallest absolute Gasteiger partial charge is 0.270 e. The molecule has 0 aliphatic rings. The number of benzene rings is 1. The van der Waals surface area contributed by atoms with Crippen LogP contribution in [0.1, 0.15) is 42.6 Å². The normalized spacial score (nSPS) is 11.6. The summed E-state index contributed by atoms with van der Waals surface area (Å²) in [5, 5.41) is 3.00. The Morgan fingerprint density at radius 1 is 1.18 bits per heavy atom. The van der Waals surface area contributed by atoms with E-state index in [-0.39, 0.29) is 11.5 Å². The van der Waals surface area contributed by atoms with Crippen molar-refractivity contribution in [2.24, 2.45) is 5.92 Å². The molecule has 9 nitrogen and oxygen atoms in total. The van der Waals surface area contributed by atoms with E-state index in [9.17, 15) is 9.59 Å². The molecule has 5 rings (SSSR count). The van der Waals surface area contributed by atoms with Crippen LogP contribution < -0.4 is 10.9 Å². The molecule has 196 valence electrons. The van der Waals surface area contributed by atoms with E-state index in [4.69, 9.17) is 9.72 Å². The van der Waals surface area contributed by atoms with Gasteiger partial charge in [0.2, 0.25) is 5.95 Å². The number of fused-ring (bicyclic) bond motifs is 2. The fourth-order valence-electron chi connectivity index (χ4n) is 4.35. The number of aryl methyl sites for hydroxylation is 1. The minimum absolute atomic E-state index is 0.183. The van der Waals surface area contributed by atoms with Gasteiger partial charge in [-0.25, -0.2) is 9.97 Å². The summed E-state index contributed by atoms with van der Waals surface area (Å²) < 4.78 is 7.52. The summed E-state index contributed by atoms with van der Waals surface area (Å²) in [6.07, 6.45) is 4.85. The number of anilines is 1. The molecule has 0 unspecified atom stereocenters. The number of aromatic amines is 1. The highest BCUT2D eigenvalue weighted by Crippen LogP contribution is 2.29. The van der Waals surface area contributed by atoms with E-state index >= 15 is 0 Å². The molecule has 4 heterocycles. The zero-order chi connectivity index (χ0) is 26.6. The Labute approximate surface area is 223 Å². The van der Waals surface area contributed by atoms with Gasteiger partial charge in [-0.15, -0.1) is 11.3 Å². The number of carbonyl (C=O) groups is 1. The van der Waals surface area contributed by atoms with Gasteiger partial charge in [0.1, 0.15) is 5.69 Å². The van der Waals surface area contributed by atoms with Crippen molar-refractivity contribution < 1.29 is 9.53 Å². The van der Waals surface area contributed by atoms with Gasteiger partial charge in [0.25, 0.3) is 11.5 Å². The van der Waals surface area contributed by atoms with Crippen LogP contribution in [0.3, 0.4) is 0 Å². The predicted molar refractivity (Wildman–Crippen MR) is 151 cm³/mol. The summed E-state index contributed by atoms with van der Waals surface area (Å²) in [5.41, 5.74) is 4.11. The lowest BCUT2D eigenvalue weighted by Gasteiger charge is -2.10. The molecule has 0 aliphatic heterocycles. The topological polar surface area (TPSA) is 115 Å². The summed E-state index contributed by atoms with van der Waals surface area (Å²) >= 11 is 1.40. The van der Waals surface area contributed by atoms with Crippen LogP contribution in [-0.4, -0.2) is 43.6 Å². The van der Waals surface area contributed by atoms with E-state index in [2.05, 4.69) is 34.1 Å². The van der Waals surface area contributed by atoms with Crippen molar-refractivity contribution in [1.29, 1.82) is 0 Å². The number of amides is 1. The number of hydrogen-bond acceptors (Lipinski definition) is 7. The Morgan fingerprint density at radius 3 is 2.82 bits per heavy atom. The first-order valence-electron chi connectivity index (χ1n) is 12.8. The van der Waals surface area contributed by atoms with Gasteiger partial charge in [0, 0.05) is 42.6 Å². The number of imidazole rings is 1. The van der Waals surface area contributed by atoms with E-state index in [1.807, 2.05) is 47.9 Å². The maximum Gasteiger partial charge on any atom is 0.270 e. The Bertz CT molecular complexity index is 1640. The highest BCUT2D eigenvalue weighted by Gasteiger charge is 2.18. The van der Waals surface area contributed by atoms with E-state index in [1.54, 1.807) is 12.4 Å². The zero-order valence-electron chi connectivity index (χ0n) is 21.7. The van der Waals surface area contributed by atoms with Gasteiger partial charge < -0.3 is 14.3 Å². The number of H-pyrrole nitrogens is 1. The van der Waals surface area contributed by atoms with Gasteiger partial charge in [-0.2, -0.15) is 0 Å². The SMILES string of the molecule is CCOCCCn1c(NC(=O)c2ccc(-c3cccnc3)s2)nc2cc3[nH]c(=O)c(CC(C)C)nc3cc21. The lowest BCUT2D eigenvalue weighted by atomic mass is 10.1. The molecule has 0 aliphatic carbocycles. The van der Waals surface area contributed by atoms with Crippen molar-refractivity contribution in [1.82, 2.24) is 24.5 Å². The summed E-state index contributed by atoms with van der Waals surface area (Å²) in [7, 11) is 0. The molecule has 0 fully saturated rings. The molecule has 10 heteroatoms. The van der Waals surface area contributed by atoms with Crippen LogP contribution in [0.25, 0.3) is 32.5 Å². The van der Waals surface area contributed by atoms with Crippen molar-refractivity contribution in [3.05, 3.63) is 69.7 Å². The maximum atomic E-state index is 13.2. The molecule has 0 bridgehead atoms. The number of aromatic nitrogens is 5. The van der Waals surface area contributed by atoms with Gasteiger partial charge in [0.15, 0.2) is 0 Å². The highest BCUT2D eigenvalue weighted by molar-refractivity contribution is 7.17. The number of ether oxygens (including phenoxy) is 1. The zero-order valence-corrected chi connectivity index (χ0v) is 22.5. The second-order valence-corrected chi connectivity index (χ2v) is 10.5. The van der Waals surface area contributed by atoms with Crippen molar-refractivity contribution in [3.8, 4) is 10.4 Å². The first kappa shape index (κ1) is 25.7. The van der Waals surface area contributed by atoms with E-state index in [1.165, 1.54) is 11.3 Å². The minimum atomic E-state index is -0.234. The molecule has 2 N–H and O–H groups in total. The van der Waals surface area contributed by atoms with Gasteiger partial charge in [-0.1, -0.05) is 19.9 Å². The maximum absolute atomic E-state index is 13.2. The molecule has 0 saturated heterocycles. The average molecular weight is 531 g/mol.